The van der Waals surface area contributed by atoms with Crippen LogP contribution in [-0.4, -0.2) is 9.55 Å². The van der Waals surface area contributed by atoms with Gasteiger partial charge in [-0.2, -0.15) is 0 Å². The Labute approximate surface area is 128 Å². The number of nitrogens with one attached hydrogen (secondary N) is 1. The van der Waals surface area contributed by atoms with Crippen molar-refractivity contribution in [3.63, 3.8) is 0 Å². The molecule has 112 valence electrons. The molecule has 1 N–H and O–H groups in total. The highest BCUT2D eigenvalue weighted by molar-refractivity contribution is 6.30. The SMILES string of the molecule is CCCc1c(Cl)[nH]c(=O)n(-c2ccccc2C(C)C)c1=O. The molecule has 21 heavy (non-hydrogen) atoms. The van der Waals surface area contributed by atoms with Crippen LogP contribution in [0, 0.1) is 0 Å². The third kappa shape index (κ3) is 2.95. The number of halogens is 1. The molecule has 0 amide bonds. The minimum atomic E-state index is -0.502. The zero-order valence-electron chi connectivity index (χ0n) is 12.4. The summed E-state index contributed by atoms with van der Waals surface area (Å²) < 4.78 is 1.19. The molecule has 2 aromatic rings. The van der Waals surface area contributed by atoms with Crippen LogP contribution in [0.4, 0.5) is 0 Å². The first kappa shape index (κ1) is 15.6. The lowest BCUT2D eigenvalue weighted by molar-refractivity contribution is 0.784. The highest BCUT2D eigenvalue weighted by Crippen LogP contribution is 2.21. The molecule has 1 aromatic carbocycles. The van der Waals surface area contributed by atoms with E-state index in [1.807, 2.05) is 39.0 Å². The van der Waals surface area contributed by atoms with Gasteiger partial charge >= 0.3 is 5.69 Å². The molecular formula is C16H19ClN2O2. The van der Waals surface area contributed by atoms with Crippen molar-refractivity contribution in [2.75, 3.05) is 0 Å². The van der Waals surface area contributed by atoms with Crippen molar-refractivity contribution in [2.24, 2.45) is 0 Å². The van der Waals surface area contributed by atoms with Gasteiger partial charge in [0.1, 0.15) is 5.15 Å². The van der Waals surface area contributed by atoms with E-state index in [4.69, 9.17) is 11.6 Å². The maximum Gasteiger partial charge on any atom is 0.334 e. The standard InChI is InChI=1S/C16H19ClN2O2/c1-4-7-12-14(17)18-16(21)19(15(12)20)13-9-6-5-8-11(13)10(2)3/h5-6,8-10H,4,7H2,1-3H3,(H,18,21). The number of hydrogen-bond donors (Lipinski definition) is 1. The molecule has 0 aliphatic heterocycles. The first-order chi connectivity index (χ1) is 9.97. The van der Waals surface area contributed by atoms with Crippen molar-refractivity contribution in [3.05, 3.63) is 61.4 Å². The van der Waals surface area contributed by atoms with Crippen molar-refractivity contribution in [3.8, 4) is 5.69 Å². The summed E-state index contributed by atoms with van der Waals surface area (Å²) in [4.78, 5) is 27.4. The first-order valence-electron chi connectivity index (χ1n) is 7.10. The quantitative estimate of drug-likeness (QED) is 0.882. The molecule has 0 spiro atoms. The summed E-state index contributed by atoms with van der Waals surface area (Å²) in [5, 5.41) is 0.144. The molecule has 0 aliphatic carbocycles. The van der Waals surface area contributed by atoms with Crippen molar-refractivity contribution >= 4 is 11.6 Å². The largest absolute Gasteiger partial charge is 0.334 e. The molecule has 1 heterocycles. The zero-order valence-corrected chi connectivity index (χ0v) is 13.2. The van der Waals surface area contributed by atoms with Gasteiger partial charge in [0.25, 0.3) is 5.56 Å². The highest BCUT2D eigenvalue weighted by Gasteiger charge is 2.16. The van der Waals surface area contributed by atoms with Crippen LogP contribution in [0.5, 0.6) is 0 Å². The predicted octanol–water partition coefficient (Wildman–Crippen LogP) is 3.26. The molecular weight excluding hydrogens is 288 g/mol. The minimum absolute atomic E-state index is 0.144. The molecule has 0 atom stereocenters. The topological polar surface area (TPSA) is 54.9 Å². The number of nitrogens with zero attached hydrogens (tertiary/aromatic N) is 1. The van der Waals surface area contributed by atoms with Gasteiger partial charge in [-0.1, -0.05) is 57.0 Å². The van der Waals surface area contributed by atoms with Crippen molar-refractivity contribution < 1.29 is 0 Å². The van der Waals surface area contributed by atoms with Crippen LogP contribution < -0.4 is 11.2 Å². The van der Waals surface area contributed by atoms with Gasteiger partial charge in [0.15, 0.2) is 0 Å². The van der Waals surface area contributed by atoms with Gasteiger partial charge in [0.2, 0.25) is 0 Å². The van der Waals surface area contributed by atoms with Crippen LogP contribution in [0.2, 0.25) is 5.15 Å². The monoisotopic (exact) mass is 306 g/mol. The summed E-state index contributed by atoms with van der Waals surface area (Å²) in [6, 6.07) is 7.44. The number of rotatable bonds is 4. The van der Waals surface area contributed by atoms with Gasteiger partial charge < -0.3 is 0 Å². The number of H-pyrrole nitrogens is 1. The fourth-order valence-corrected chi connectivity index (χ4v) is 2.67. The summed E-state index contributed by atoms with van der Waals surface area (Å²) >= 11 is 6.01. The molecule has 0 fully saturated rings. The van der Waals surface area contributed by atoms with Crippen LogP contribution >= 0.6 is 11.6 Å². The van der Waals surface area contributed by atoms with Gasteiger partial charge in [0, 0.05) is 0 Å². The zero-order chi connectivity index (χ0) is 15.6. The van der Waals surface area contributed by atoms with Crippen LogP contribution in [-0.2, 0) is 6.42 Å². The Bertz CT molecular complexity index is 760. The lowest BCUT2D eigenvalue weighted by Crippen LogP contribution is -2.36. The molecule has 0 bridgehead atoms. The Balaban J connectivity index is 2.79. The van der Waals surface area contributed by atoms with Crippen LogP contribution in [0.25, 0.3) is 5.69 Å². The van der Waals surface area contributed by atoms with E-state index in [1.54, 1.807) is 6.07 Å². The maximum atomic E-state index is 12.6. The summed E-state index contributed by atoms with van der Waals surface area (Å²) in [5.74, 6) is 0.206. The van der Waals surface area contributed by atoms with Crippen molar-refractivity contribution in [2.45, 2.75) is 39.5 Å². The lowest BCUT2D eigenvalue weighted by Gasteiger charge is -2.15. The van der Waals surface area contributed by atoms with Gasteiger partial charge in [-0.3, -0.25) is 9.78 Å². The molecule has 2 rings (SSSR count). The average Bonchev–Trinajstić information content (AvgIpc) is 2.43. The van der Waals surface area contributed by atoms with E-state index in [9.17, 15) is 9.59 Å². The molecule has 0 unspecified atom stereocenters. The Hall–Kier alpha value is -1.81. The molecule has 5 heteroatoms. The van der Waals surface area contributed by atoms with Gasteiger partial charge in [-0.15, -0.1) is 0 Å². The maximum absolute atomic E-state index is 12.6. The third-order valence-corrected chi connectivity index (χ3v) is 3.77. The minimum Gasteiger partial charge on any atom is -0.297 e. The fourth-order valence-electron chi connectivity index (χ4n) is 2.41. The molecule has 0 saturated carbocycles. The van der Waals surface area contributed by atoms with E-state index in [2.05, 4.69) is 4.98 Å². The summed E-state index contributed by atoms with van der Waals surface area (Å²) in [5.41, 5.74) is 1.19. The van der Waals surface area contributed by atoms with Gasteiger partial charge in [-0.05, 0) is 24.0 Å². The molecule has 1 aromatic heterocycles. The van der Waals surface area contributed by atoms with E-state index in [1.165, 1.54) is 4.57 Å². The number of hydrogen-bond acceptors (Lipinski definition) is 2. The smallest absolute Gasteiger partial charge is 0.297 e. The molecule has 0 radical (unpaired) electrons. The summed E-state index contributed by atoms with van der Waals surface area (Å²) in [6.45, 7) is 6.02. The molecule has 0 aliphatic rings. The number of para-hydroxylation sites is 1. The van der Waals surface area contributed by atoms with E-state index in [0.717, 1.165) is 12.0 Å². The van der Waals surface area contributed by atoms with Crippen molar-refractivity contribution in [1.82, 2.24) is 9.55 Å². The highest BCUT2D eigenvalue weighted by atomic mass is 35.5. The predicted molar refractivity (Wildman–Crippen MR) is 85.8 cm³/mol. The Kier molecular flexibility index (Phi) is 4.68. The lowest BCUT2D eigenvalue weighted by atomic mass is 10.0. The third-order valence-electron chi connectivity index (χ3n) is 3.45. The van der Waals surface area contributed by atoms with Crippen molar-refractivity contribution in [1.29, 1.82) is 0 Å². The number of aromatic nitrogens is 2. The second-order valence-electron chi connectivity index (χ2n) is 5.33. The Morgan fingerprint density at radius 3 is 2.52 bits per heavy atom. The number of benzene rings is 1. The van der Waals surface area contributed by atoms with Gasteiger partial charge in [-0.25, -0.2) is 9.36 Å². The second kappa shape index (κ2) is 6.31. The van der Waals surface area contributed by atoms with Crippen LogP contribution in [0.3, 0.4) is 0 Å². The van der Waals surface area contributed by atoms with E-state index < -0.39 is 5.69 Å². The van der Waals surface area contributed by atoms with E-state index in [-0.39, 0.29) is 16.6 Å². The normalized spacial score (nSPS) is 11.1. The molecule has 4 nitrogen and oxygen atoms in total. The summed E-state index contributed by atoms with van der Waals surface area (Å²) in [6.07, 6.45) is 1.32. The number of aromatic amines is 1. The Morgan fingerprint density at radius 2 is 1.90 bits per heavy atom. The van der Waals surface area contributed by atoms with Crippen LogP contribution in [0.15, 0.2) is 33.9 Å². The average molecular weight is 307 g/mol. The second-order valence-corrected chi connectivity index (χ2v) is 5.70. The Morgan fingerprint density at radius 1 is 1.24 bits per heavy atom. The fraction of sp³-hybridized carbons (Fsp3) is 0.375. The van der Waals surface area contributed by atoms with Gasteiger partial charge in [0.05, 0.1) is 11.3 Å². The van der Waals surface area contributed by atoms with E-state index >= 15 is 0 Å². The first-order valence-corrected chi connectivity index (χ1v) is 7.48. The molecule has 0 saturated heterocycles. The van der Waals surface area contributed by atoms with Crippen LogP contribution in [0.1, 0.15) is 44.2 Å². The van der Waals surface area contributed by atoms with E-state index in [0.29, 0.717) is 17.7 Å². The summed E-state index contributed by atoms with van der Waals surface area (Å²) in [7, 11) is 0.